The van der Waals surface area contributed by atoms with Crippen molar-refractivity contribution in [3.05, 3.63) is 28.2 Å². The minimum atomic E-state index is -3.69. The number of hydrogen-bond acceptors (Lipinski definition) is 5. The first-order valence-electron chi connectivity index (χ1n) is 10.0. The maximum Gasteiger partial charge on any atom is 0.252 e. The fourth-order valence-corrected chi connectivity index (χ4v) is 5.25. The van der Waals surface area contributed by atoms with Crippen molar-refractivity contribution in [3.63, 3.8) is 0 Å². The van der Waals surface area contributed by atoms with Gasteiger partial charge in [0, 0.05) is 37.8 Å². The number of carbonyl (C=O) groups is 1. The molecule has 1 aromatic carbocycles. The number of sulfonamides is 1. The number of nitrogens with one attached hydrogen (secondary N) is 2. The Kier molecular flexibility index (Phi) is 9.55. The van der Waals surface area contributed by atoms with Gasteiger partial charge in [-0.3, -0.25) is 4.79 Å². The van der Waals surface area contributed by atoms with Gasteiger partial charge >= 0.3 is 0 Å². The molecule has 9 heteroatoms. The standard InChI is InChI=1S/C20H32BrN3O4S/c1-15-11-16(2)14-24(13-15)9-4-7-22-20(25)18-12-17(5-6-19(18)21)29(26,27)23-8-10-28-3/h5-6,12,15-16,23H,4,7-11,13-14H2,1-3H3,(H,22,25). The van der Waals surface area contributed by atoms with Crippen molar-refractivity contribution in [1.29, 1.82) is 0 Å². The molecule has 0 aromatic heterocycles. The zero-order chi connectivity index (χ0) is 21.4. The van der Waals surface area contributed by atoms with Crippen molar-refractivity contribution in [1.82, 2.24) is 14.9 Å². The topological polar surface area (TPSA) is 87.7 Å². The first kappa shape index (κ1) is 24.3. The van der Waals surface area contributed by atoms with Crippen molar-refractivity contribution in [2.24, 2.45) is 11.8 Å². The molecule has 1 aliphatic rings. The van der Waals surface area contributed by atoms with Gasteiger partial charge in [-0.15, -0.1) is 0 Å². The highest BCUT2D eigenvalue weighted by atomic mass is 79.9. The van der Waals surface area contributed by atoms with E-state index in [4.69, 9.17) is 4.74 Å². The Morgan fingerprint density at radius 2 is 1.93 bits per heavy atom. The number of methoxy groups -OCH3 is 1. The molecule has 7 nitrogen and oxygen atoms in total. The molecule has 2 N–H and O–H groups in total. The van der Waals surface area contributed by atoms with Crippen molar-refractivity contribution in [2.75, 3.05) is 46.4 Å². The Morgan fingerprint density at radius 1 is 1.24 bits per heavy atom. The molecule has 29 heavy (non-hydrogen) atoms. The zero-order valence-electron chi connectivity index (χ0n) is 17.4. The smallest absolute Gasteiger partial charge is 0.252 e. The molecule has 0 aliphatic carbocycles. The lowest BCUT2D eigenvalue weighted by molar-refractivity contribution is 0.0946. The number of halogens is 1. The summed E-state index contributed by atoms with van der Waals surface area (Å²) in [5, 5.41) is 2.90. The zero-order valence-corrected chi connectivity index (χ0v) is 19.8. The number of piperidine rings is 1. The number of nitrogens with zero attached hydrogens (tertiary/aromatic N) is 1. The van der Waals surface area contributed by atoms with Crippen LogP contribution in [0.3, 0.4) is 0 Å². The van der Waals surface area contributed by atoms with E-state index >= 15 is 0 Å². The Labute approximate surface area is 182 Å². The largest absolute Gasteiger partial charge is 0.383 e. The summed E-state index contributed by atoms with van der Waals surface area (Å²) < 4.78 is 32.6. The molecule has 2 atom stereocenters. The van der Waals surface area contributed by atoms with Crippen LogP contribution in [0, 0.1) is 11.8 Å². The van der Waals surface area contributed by atoms with Crippen LogP contribution in [0.4, 0.5) is 0 Å². The van der Waals surface area contributed by atoms with Crippen LogP contribution in [0.15, 0.2) is 27.6 Å². The number of carbonyl (C=O) groups excluding carboxylic acids is 1. The second-order valence-corrected chi connectivity index (χ2v) is 10.5. The summed E-state index contributed by atoms with van der Waals surface area (Å²) >= 11 is 3.34. The second kappa shape index (κ2) is 11.4. The number of rotatable bonds is 10. The van der Waals surface area contributed by atoms with E-state index in [1.165, 1.54) is 25.7 Å². The molecule has 2 rings (SSSR count). The fourth-order valence-electron chi connectivity index (χ4n) is 3.78. The lowest BCUT2D eigenvalue weighted by Crippen LogP contribution is -2.40. The summed E-state index contributed by atoms with van der Waals surface area (Å²) in [4.78, 5) is 15.1. The van der Waals surface area contributed by atoms with E-state index < -0.39 is 10.0 Å². The number of amides is 1. The van der Waals surface area contributed by atoms with Crippen molar-refractivity contribution in [2.45, 2.75) is 31.6 Å². The predicted molar refractivity (Wildman–Crippen MR) is 118 cm³/mol. The molecular formula is C20H32BrN3O4S. The monoisotopic (exact) mass is 489 g/mol. The lowest BCUT2D eigenvalue weighted by atomic mass is 9.92. The minimum Gasteiger partial charge on any atom is -0.383 e. The first-order valence-corrected chi connectivity index (χ1v) is 12.3. The summed E-state index contributed by atoms with van der Waals surface area (Å²) in [6.07, 6.45) is 2.14. The predicted octanol–water partition coefficient (Wildman–Crippen LogP) is 2.47. The quantitative estimate of drug-likeness (QED) is 0.492. The van der Waals surface area contributed by atoms with Gasteiger partial charge in [-0.25, -0.2) is 13.1 Å². The highest BCUT2D eigenvalue weighted by Gasteiger charge is 2.21. The molecule has 1 amide bonds. The highest BCUT2D eigenvalue weighted by molar-refractivity contribution is 9.10. The molecule has 0 bridgehead atoms. The number of ether oxygens (including phenoxy) is 1. The summed E-state index contributed by atoms with van der Waals surface area (Å²) in [5.74, 6) is 1.14. The van der Waals surface area contributed by atoms with Crippen LogP contribution in [-0.2, 0) is 14.8 Å². The summed E-state index contributed by atoms with van der Waals surface area (Å²) in [6.45, 7) is 8.74. The van der Waals surface area contributed by atoms with Gasteiger partial charge in [0.1, 0.15) is 0 Å². The Balaban J connectivity index is 1.90. The van der Waals surface area contributed by atoms with E-state index in [1.54, 1.807) is 6.07 Å². The number of likely N-dealkylation sites (tertiary alicyclic amines) is 1. The third-order valence-corrected chi connectivity index (χ3v) is 7.12. The fraction of sp³-hybridized carbons (Fsp3) is 0.650. The van der Waals surface area contributed by atoms with E-state index in [9.17, 15) is 13.2 Å². The van der Waals surface area contributed by atoms with Gasteiger partial charge in [-0.2, -0.15) is 0 Å². The maximum atomic E-state index is 12.6. The van der Waals surface area contributed by atoms with Gasteiger partial charge in [0.25, 0.3) is 5.91 Å². The summed E-state index contributed by atoms with van der Waals surface area (Å²) in [7, 11) is -2.19. The normalized spacial score (nSPS) is 20.6. The maximum absolute atomic E-state index is 12.6. The molecule has 1 fully saturated rings. The second-order valence-electron chi connectivity index (χ2n) is 7.85. The van der Waals surface area contributed by atoms with Crippen molar-refractivity contribution < 1.29 is 17.9 Å². The van der Waals surface area contributed by atoms with E-state index in [2.05, 4.69) is 44.7 Å². The van der Waals surface area contributed by atoms with Crippen LogP contribution in [0.1, 0.15) is 37.0 Å². The van der Waals surface area contributed by atoms with Gasteiger partial charge in [-0.05, 0) is 65.4 Å². The van der Waals surface area contributed by atoms with Crippen molar-refractivity contribution >= 4 is 31.9 Å². The molecule has 0 spiro atoms. The van der Waals surface area contributed by atoms with E-state index in [1.807, 2.05) is 0 Å². The number of benzene rings is 1. The molecule has 0 saturated carbocycles. The van der Waals surface area contributed by atoms with Gasteiger partial charge < -0.3 is 15.0 Å². The van der Waals surface area contributed by atoms with Gasteiger partial charge in [-0.1, -0.05) is 13.8 Å². The lowest BCUT2D eigenvalue weighted by Gasteiger charge is -2.34. The van der Waals surface area contributed by atoms with Crippen molar-refractivity contribution in [3.8, 4) is 0 Å². The van der Waals surface area contributed by atoms with Crippen LogP contribution in [0.25, 0.3) is 0 Å². The SMILES string of the molecule is COCCNS(=O)(=O)c1ccc(Br)c(C(=O)NCCCN2CC(C)CC(C)C2)c1. The number of hydrogen-bond donors (Lipinski definition) is 2. The minimum absolute atomic E-state index is 0.0539. The van der Waals surface area contributed by atoms with Crippen LogP contribution in [0.2, 0.25) is 0 Å². The Morgan fingerprint density at radius 3 is 2.59 bits per heavy atom. The van der Waals surface area contributed by atoms with Gasteiger partial charge in [0.2, 0.25) is 10.0 Å². The van der Waals surface area contributed by atoms with Crippen LogP contribution in [-0.4, -0.2) is 65.7 Å². The third kappa shape index (κ3) is 7.64. The Hall–Kier alpha value is -1.00. The first-order chi connectivity index (χ1) is 13.7. The van der Waals surface area contributed by atoms with Crippen LogP contribution < -0.4 is 10.0 Å². The average Bonchev–Trinajstić information content (AvgIpc) is 2.64. The molecule has 1 aromatic rings. The molecular weight excluding hydrogens is 458 g/mol. The summed E-state index contributed by atoms with van der Waals surface area (Å²) in [5.41, 5.74) is 0.305. The van der Waals surface area contributed by atoms with Gasteiger partial charge in [0.05, 0.1) is 17.1 Å². The van der Waals surface area contributed by atoms with E-state index in [0.717, 1.165) is 26.1 Å². The van der Waals surface area contributed by atoms with E-state index in [0.29, 0.717) is 28.4 Å². The van der Waals surface area contributed by atoms with Gasteiger partial charge in [0.15, 0.2) is 0 Å². The summed E-state index contributed by atoms with van der Waals surface area (Å²) in [6, 6.07) is 4.44. The van der Waals surface area contributed by atoms with E-state index in [-0.39, 0.29) is 24.0 Å². The van der Waals surface area contributed by atoms with Crippen LogP contribution >= 0.6 is 15.9 Å². The molecule has 1 aliphatic heterocycles. The molecule has 1 saturated heterocycles. The highest BCUT2D eigenvalue weighted by Crippen LogP contribution is 2.22. The molecule has 164 valence electrons. The molecule has 1 heterocycles. The third-order valence-electron chi connectivity index (χ3n) is 4.97. The average molecular weight is 490 g/mol. The Bertz CT molecular complexity index is 778. The van der Waals surface area contributed by atoms with Crippen LogP contribution in [0.5, 0.6) is 0 Å². The molecule has 2 unspecified atom stereocenters. The molecule has 0 radical (unpaired) electrons.